The molecule has 2 atom stereocenters. The van der Waals surface area contributed by atoms with E-state index in [0.29, 0.717) is 24.0 Å². The van der Waals surface area contributed by atoms with E-state index in [0.717, 1.165) is 18.2 Å². The average molecular weight is 542 g/mol. The summed E-state index contributed by atoms with van der Waals surface area (Å²) in [5, 5.41) is 0.317. The third kappa shape index (κ3) is 4.24. The minimum absolute atomic E-state index is 0.0144. The largest absolute Gasteiger partial charge is 0.494 e. The molecule has 202 valence electrons. The molecule has 0 spiro atoms. The predicted octanol–water partition coefficient (Wildman–Crippen LogP) is 4.62. The SMILES string of the molecule is COc1ccc(-c2nc(C(=O)N3CC4CC3CN4c3cccc(F)c3)c(CN)o2)c2ccc(C(F)(F)F)nc12. The van der Waals surface area contributed by atoms with Crippen LogP contribution in [0.2, 0.25) is 0 Å². The van der Waals surface area contributed by atoms with Gasteiger partial charge in [0.1, 0.15) is 22.8 Å². The first-order valence-electron chi connectivity index (χ1n) is 12.3. The molecular weight excluding hydrogens is 518 g/mol. The number of hydrogen-bond donors (Lipinski definition) is 1. The third-order valence-corrected chi connectivity index (χ3v) is 7.29. The lowest BCUT2D eigenvalue weighted by atomic mass is 10.1. The van der Waals surface area contributed by atoms with Crippen molar-refractivity contribution in [1.82, 2.24) is 14.9 Å². The molecule has 2 N–H and O–H groups in total. The number of hydrogen-bond acceptors (Lipinski definition) is 7. The molecule has 2 unspecified atom stereocenters. The number of halogens is 4. The molecule has 8 nitrogen and oxygen atoms in total. The molecule has 0 saturated carbocycles. The molecule has 6 rings (SSSR count). The number of oxazole rings is 1. The van der Waals surface area contributed by atoms with Gasteiger partial charge in [-0.05, 0) is 48.9 Å². The number of aromatic nitrogens is 2. The second kappa shape index (κ2) is 9.23. The van der Waals surface area contributed by atoms with Gasteiger partial charge in [-0.2, -0.15) is 13.2 Å². The van der Waals surface area contributed by atoms with E-state index >= 15 is 0 Å². The Morgan fingerprint density at radius 3 is 2.62 bits per heavy atom. The number of carbonyl (C=O) groups excluding carboxylic acids is 1. The number of benzene rings is 2. The number of fused-ring (bicyclic) bond motifs is 3. The van der Waals surface area contributed by atoms with Crippen molar-refractivity contribution in [3.63, 3.8) is 0 Å². The summed E-state index contributed by atoms with van der Waals surface area (Å²) in [5.41, 5.74) is 5.99. The van der Waals surface area contributed by atoms with Crippen LogP contribution in [0.1, 0.15) is 28.4 Å². The zero-order chi connectivity index (χ0) is 27.5. The monoisotopic (exact) mass is 541 g/mol. The summed E-state index contributed by atoms with van der Waals surface area (Å²) in [6, 6.07) is 11.5. The minimum atomic E-state index is -4.64. The van der Waals surface area contributed by atoms with E-state index in [9.17, 15) is 22.4 Å². The topological polar surface area (TPSA) is 97.7 Å². The van der Waals surface area contributed by atoms with Crippen LogP contribution < -0.4 is 15.4 Å². The maximum absolute atomic E-state index is 13.7. The van der Waals surface area contributed by atoms with E-state index in [-0.39, 0.29) is 59.0 Å². The smallest absolute Gasteiger partial charge is 0.433 e. The van der Waals surface area contributed by atoms with Crippen LogP contribution in [0.5, 0.6) is 5.75 Å². The summed E-state index contributed by atoms with van der Waals surface area (Å²) < 4.78 is 64.8. The lowest BCUT2D eigenvalue weighted by molar-refractivity contribution is -0.140. The Morgan fingerprint density at radius 2 is 1.95 bits per heavy atom. The first kappa shape index (κ1) is 25.1. The number of alkyl halides is 3. The minimum Gasteiger partial charge on any atom is -0.494 e. The number of anilines is 1. The van der Waals surface area contributed by atoms with Crippen LogP contribution in [0, 0.1) is 5.82 Å². The Kier molecular flexibility index (Phi) is 5.94. The fourth-order valence-electron chi connectivity index (χ4n) is 5.50. The van der Waals surface area contributed by atoms with Crippen LogP contribution in [0.25, 0.3) is 22.4 Å². The molecule has 39 heavy (non-hydrogen) atoms. The lowest BCUT2D eigenvalue weighted by Crippen LogP contribution is -2.49. The highest BCUT2D eigenvalue weighted by atomic mass is 19.4. The van der Waals surface area contributed by atoms with E-state index < -0.39 is 11.9 Å². The second-order valence-electron chi connectivity index (χ2n) is 9.53. The van der Waals surface area contributed by atoms with Crippen molar-refractivity contribution in [2.24, 2.45) is 5.73 Å². The highest BCUT2D eigenvalue weighted by molar-refractivity contribution is 5.98. The predicted molar refractivity (Wildman–Crippen MR) is 134 cm³/mol. The fraction of sp³-hybridized carbons (Fsp3) is 0.296. The van der Waals surface area contributed by atoms with Crippen LogP contribution >= 0.6 is 0 Å². The van der Waals surface area contributed by atoms with Crippen LogP contribution in [0.4, 0.5) is 23.2 Å². The van der Waals surface area contributed by atoms with Crippen molar-refractivity contribution in [2.45, 2.75) is 31.2 Å². The van der Waals surface area contributed by atoms with Gasteiger partial charge in [0.25, 0.3) is 5.91 Å². The Balaban J connectivity index is 1.32. The molecule has 0 radical (unpaired) electrons. The molecule has 2 aliphatic rings. The highest BCUT2D eigenvalue weighted by Crippen LogP contribution is 2.39. The quantitative estimate of drug-likeness (QED) is 0.369. The van der Waals surface area contributed by atoms with E-state index in [2.05, 4.69) is 14.9 Å². The number of nitrogens with two attached hydrogens (primary N) is 1. The second-order valence-corrected chi connectivity index (χ2v) is 9.53. The number of rotatable bonds is 5. The van der Waals surface area contributed by atoms with Gasteiger partial charge < -0.3 is 24.7 Å². The first-order valence-corrected chi connectivity index (χ1v) is 12.3. The van der Waals surface area contributed by atoms with Gasteiger partial charge in [-0.1, -0.05) is 6.07 Å². The number of amides is 1. The summed E-state index contributed by atoms with van der Waals surface area (Å²) in [6.45, 7) is 0.886. The maximum atomic E-state index is 13.7. The molecule has 2 saturated heterocycles. The Hall–Kier alpha value is -4.19. The molecule has 2 aromatic carbocycles. The molecule has 1 amide bonds. The van der Waals surface area contributed by atoms with Gasteiger partial charge in [-0.15, -0.1) is 0 Å². The Morgan fingerprint density at radius 1 is 1.13 bits per heavy atom. The molecule has 12 heteroatoms. The van der Waals surface area contributed by atoms with Crippen molar-refractivity contribution in [3.8, 4) is 17.2 Å². The molecular formula is C27H23F4N5O3. The van der Waals surface area contributed by atoms with Crippen molar-refractivity contribution >= 4 is 22.5 Å². The highest BCUT2D eigenvalue weighted by Gasteiger charge is 2.46. The molecule has 2 aliphatic heterocycles. The van der Waals surface area contributed by atoms with Crippen LogP contribution in [0.15, 0.2) is 52.9 Å². The van der Waals surface area contributed by atoms with E-state index in [4.69, 9.17) is 14.9 Å². The molecule has 4 heterocycles. The van der Waals surface area contributed by atoms with Crippen molar-refractivity contribution in [3.05, 3.63) is 71.5 Å². The van der Waals surface area contributed by atoms with Gasteiger partial charge in [0.05, 0.1) is 19.7 Å². The summed E-state index contributed by atoms with van der Waals surface area (Å²) in [4.78, 5) is 25.6. The van der Waals surface area contributed by atoms with Crippen molar-refractivity contribution < 1.29 is 31.5 Å². The van der Waals surface area contributed by atoms with Crippen LogP contribution in [-0.2, 0) is 12.7 Å². The van der Waals surface area contributed by atoms with Gasteiger partial charge >= 0.3 is 6.18 Å². The van der Waals surface area contributed by atoms with E-state index in [1.165, 1.54) is 31.4 Å². The zero-order valence-corrected chi connectivity index (χ0v) is 20.7. The average Bonchev–Trinajstić information content (AvgIpc) is 3.65. The Labute approximate surface area is 220 Å². The summed E-state index contributed by atoms with van der Waals surface area (Å²) in [6.07, 6.45) is -3.90. The number of carbonyl (C=O) groups is 1. The number of ether oxygens (including phenoxy) is 1. The van der Waals surface area contributed by atoms with E-state index in [1.807, 2.05) is 6.07 Å². The third-order valence-electron chi connectivity index (χ3n) is 7.29. The molecule has 2 fully saturated rings. The van der Waals surface area contributed by atoms with Crippen molar-refractivity contribution in [2.75, 3.05) is 25.1 Å². The molecule has 4 aromatic rings. The van der Waals surface area contributed by atoms with Gasteiger partial charge in [0.2, 0.25) is 5.89 Å². The van der Waals surface area contributed by atoms with Gasteiger partial charge in [0, 0.05) is 35.8 Å². The summed E-state index contributed by atoms with van der Waals surface area (Å²) >= 11 is 0. The molecule has 2 bridgehead atoms. The first-order chi connectivity index (χ1) is 18.7. The number of piperazine rings is 1. The van der Waals surface area contributed by atoms with Gasteiger partial charge in [0.15, 0.2) is 11.5 Å². The fourth-order valence-corrected chi connectivity index (χ4v) is 5.50. The normalized spacial score (nSPS) is 18.8. The number of pyridine rings is 1. The number of nitrogens with zero attached hydrogens (tertiary/aromatic N) is 4. The molecule has 2 aromatic heterocycles. The summed E-state index contributed by atoms with van der Waals surface area (Å²) in [7, 11) is 1.34. The van der Waals surface area contributed by atoms with Crippen LogP contribution in [-0.4, -0.2) is 53.1 Å². The number of methoxy groups -OCH3 is 1. The van der Waals surface area contributed by atoms with Gasteiger partial charge in [-0.3, -0.25) is 4.79 Å². The maximum Gasteiger partial charge on any atom is 0.433 e. The number of likely N-dealkylation sites (tertiary alicyclic amines) is 1. The lowest BCUT2D eigenvalue weighted by Gasteiger charge is -2.35. The van der Waals surface area contributed by atoms with Crippen molar-refractivity contribution in [1.29, 1.82) is 0 Å². The van der Waals surface area contributed by atoms with Gasteiger partial charge in [-0.25, -0.2) is 14.4 Å². The zero-order valence-electron chi connectivity index (χ0n) is 20.7. The molecule has 0 aliphatic carbocycles. The van der Waals surface area contributed by atoms with Crippen LogP contribution in [0.3, 0.4) is 0 Å². The Bertz CT molecular complexity index is 1590. The summed E-state index contributed by atoms with van der Waals surface area (Å²) in [5.74, 6) is -0.297. The van der Waals surface area contributed by atoms with E-state index in [1.54, 1.807) is 17.0 Å². The standard InChI is InChI=1S/C27H23F4N5O3/c1-38-20-7-5-19(18-6-8-22(27(29,30)31)33-23(18)20)25-34-24(21(11-32)39-25)26(37)36-13-16-10-17(36)12-35(16)15-4-2-3-14(28)9-15/h2-9,16-17H,10-13,32H2,1H3.